The van der Waals surface area contributed by atoms with Crippen LogP contribution < -0.4 is 4.74 Å². The molecule has 1 N–H and O–H groups in total. The predicted molar refractivity (Wildman–Crippen MR) is 152 cm³/mol. The van der Waals surface area contributed by atoms with E-state index in [0.29, 0.717) is 28.8 Å². The molecular weight excluding hydrogens is 519 g/mol. The highest BCUT2D eigenvalue weighted by Gasteiger charge is 2.15. The molecule has 0 amide bonds. The van der Waals surface area contributed by atoms with Gasteiger partial charge in [-0.3, -0.25) is 0 Å². The Bertz CT molecular complexity index is 1580. The lowest BCUT2D eigenvalue weighted by molar-refractivity contribution is 0.0697. The minimum absolute atomic E-state index is 0.223. The molecule has 5 nitrogen and oxygen atoms in total. The number of halogens is 2. The molecule has 5 aromatic rings. The molecule has 0 aliphatic carbocycles. The smallest absolute Gasteiger partial charge is 0.335 e. The number of rotatable bonds is 8. The summed E-state index contributed by atoms with van der Waals surface area (Å²) >= 11 is 12.6. The molecule has 0 unspecified atom stereocenters. The Hall–Kier alpha value is -4.06. The third-order valence-corrected chi connectivity index (χ3v) is 6.74. The minimum Gasteiger partial charge on any atom is -0.494 e. The highest BCUT2D eigenvalue weighted by atomic mass is 35.5. The zero-order valence-electron chi connectivity index (χ0n) is 20.6. The Kier molecular flexibility index (Phi) is 7.50. The number of ether oxygens (including phenoxy) is 1. The van der Waals surface area contributed by atoms with Crippen molar-refractivity contribution in [2.75, 3.05) is 6.61 Å². The largest absolute Gasteiger partial charge is 0.494 e. The first-order valence-corrected chi connectivity index (χ1v) is 12.9. The minimum atomic E-state index is -0.969. The second kappa shape index (κ2) is 11.1. The summed E-state index contributed by atoms with van der Waals surface area (Å²) in [7, 11) is 0. The molecule has 0 saturated heterocycles. The van der Waals surface area contributed by atoms with Gasteiger partial charge in [0, 0.05) is 28.9 Å². The van der Waals surface area contributed by atoms with E-state index in [9.17, 15) is 9.90 Å². The van der Waals surface area contributed by atoms with Crippen molar-refractivity contribution in [2.45, 2.75) is 13.3 Å². The van der Waals surface area contributed by atoms with E-state index < -0.39 is 5.97 Å². The normalized spacial score (nSPS) is 10.9. The van der Waals surface area contributed by atoms with Crippen LogP contribution in [0, 0.1) is 0 Å². The maximum absolute atomic E-state index is 11.3. The Labute approximate surface area is 230 Å². The number of hydrogen-bond acceptors (Lipinski definition) is 3. The molecule has 4 aromatic carbocycles. The molecule has 1 aromatic heterocycles. The van der Waals surface area contributed by atoms with E-state index >= 15 is 0 Å². The number of aromatic carboxylic acids is 1. The van der Waals surface area contributed by atoms with Crippen LogP contribution in [0.25, 0.3) is 28.1 Å². The second-order valence-electron chi connectivity index (χ2n) is 8.72. The van der Waals surface area contributed by atoms with Crippen LogP contribution in [0.3, 0.4) is 0 Å². The highest BCUT2D eigenvalue weighted by Crippen LogP contribution is 2.31. The lowest BCUT2D eigenvalue weighted by Gasteiger charge is -2.09. The van der Waals surface area contributed by atoms with Crippen LogP contribution in [0.5, 0.6) is 5.75 Å². The number of benzene rings is 4. The van der Waals surface area contributed by atoms with Crippen molar-refractivity contribution < 1.29 is 14.6 Å². The molecule has 0 saturated carbocycles. The topological polar surface area (TPSA) is 64.4 Å². The molecule has 1 heterocycles. The number of carbonyl (C=O) groups is 1. The van der Waals surface area contributed by atoms with Gasteiger partial charge in [-0.1, -0.05) is 59.6 Å². The van der Waals surface area contributed by atoms with Gasteiger partial charge in [-0.05, 0) is 78.2 Å². The Morgan fingerprint density at radius 1 is 0.895 bits per heavy atom. The third-order valence-electron chi connectivity index (χ3n) is 6.19. The molecule has 0 aliphatic heterocycles. The molecular formula is C31H24Cl2N2O3. The predicted octanol–water partition coefficient (Wildman–Crippen LogP) is 8.20. The third kappa shape index (κ3) is 5.59. The molecule has 0 aliphatic rings. The Morgan fingerprint density at radius 3 is 2.16 bits per heavy atom. The van der Waals surface area contributed by atoms with Crippen LogP contribution in [-0.4, -0.2) is 27.2 Å². The van der Waals surface area contributed by atoms with Crippen LogP contribution in [0.1, 0.15) is 28.7 Å². The summed E-state index contributed by atoms with van der Waals surface area (Å²) in [6.07, 6.45) is 2.48. The fourth-order valence-electron chi connectivity index (χ4n) is 4.27. The van der Waals surface area contributed by atoms with Crippen LogP contribution >= 0.6 is 23.2 Å². The van der Waals surface area contributed by atoms with Crippen LogP contribution in [0.4, 0.5) is 0 Å². The molecule has 0 spiro atoms. The average Bonchev–Trinajstić information content (AvgIpc) is 3.33. The quantitative estimate of drug-likeness (QED) is 0.214. The molecule has 0 bridgehead atoms. The van der Waals surface area contributed by atoms with Crippen molar-refractivity contribution in [1.29, 1.82) is 0 Å². The molecule has 0 radical (unpaired) electrons. The van der Waals surface area contributed by atoms with Gasteiger partial charge in [-0.2, -0.15) is 0 Å². The number of carboxylic acids is 1. The summed E-state index contributed by atoms with van der Waals surface area (Å²) in [4.78, 5) is 16.2. The van der Waals surface area contributed by atoms with Crippen molar-refractivity contribution in [3.05, 3.63) is 124 Å². The van der Waals surface area contributed by atoms with E-state index in [-0.39, 0.29) is 5.56 Å². The van der Waals surface area contributed by atoms with Crippen molar-refractivity contribution >= 4 is 29.2 Å². The van der Waals surface area contributed by atoms with E-state index in [1.807, 2.05) is 35.9 Å². The lowest BCUT2D eigenvalue weighted by atomic mass is 10.0. The van der Waals surface area contributed by atoms with Crippen LogP contribution in [-0.2, 0) is 6.42 Å². The van der Waals surface area contributed by atoms with Gasteiger partial charge >= 0.3 is 5.97 Å². The van der Waals surface area contributed by atoms with Gasteiger partial charge in [-0.15, -0.1) is 0 Å². The fraction of sp³-hybridized carbons (Fsp3) is 0.0968. The lowest BCUT2D eigenvalue weighted by Crippen LogP contribution is -2.03. The monoisotopic (exact) mass is 542 g/mol. The van der Waals surface area contributed by atoms with Crippen LogP contribution in [0.2, 0.25) is 10.0 Å². The van der Waals surface area contributed by atoms with Crippen molar-refractivity contribution in [3.8, 4) is 33.8 Å². The maximum Gasteiger partial charge on any atom is 0.335 e. The summed E-state index contributed by atoms with van der Waals surface area (Å²) in [5.41, 5.74) is 5.81. The van der Waals surface area contributed by atoms with Crippen molar-refractivity contribution in [3.63, 3.8) is 0 Å². The number of hydrogen-bond donors (Lipinski definition) is 1. The highest BCUT2D eigenvalue weighted by molar-refractivity contribution is 6.36. The Balaban J connectivity index is 1.47. The number of aromatic nitrogens is 2. The van der Waals surface area contributed by atoms with Gasteiger partial charge in [0.2, 0.25) is 0 Å². The molecule has 38 heavy (non-hydrogen) atoms. The number of nitrogens with zero attached hydrogens (tertiary/aromatic N) is 2. The summed E-state index contributed by atoms with van der Waals surface area (Å²) in [6.45, 7) is 2.61. The fourth-order valence-corrected chi connectivity index (χ4v) is 4.77. The van der Waals surface area contributed by atoms with E-state index in [0.717, 1.165) is 39.5 Å². The first-order valence-electron chi connectivity index (χ1n) is 12.1. The molecule has 0 fully saturated rings. The molecule has 5 rings (SSSR count). The van der Waals surface area contributed by atoms with Gasteiger partial charge in [0.1, 0.15) is 11.6 Å². The van der Waals surface area contributed by atoms with E-state index in [2.05, 4.69) is 36.4 Å². The first-order chi connectivity index (χ1) is 18.4. The molecule has 190 valence electrons. The summed E-state index contributed by atoms with van der Waals surface area (Å²) < 4.78 is 7.51. The van der Waals surface area contributed by atoms with Gasteiger partial charge in [0.05, 0.1) is 22.9 Å². The summed E-state index contributed by atoms with van der Waals surface area (Å²) in [6, 6.07) is 28.5. The summed E-state index contributed by atoms with van der Waals surface area (Å²) in [5.74, 6) is 0.680. The van der Waals surface area contributed by atoms with E-state index in [4.69, 9.17) is 32.9 Å². The maximum atomic E-state index is 11.3. The van der Waals surface area contributed by atoms with Crippen LogP contribution in [0.15, 0.2) is 97.2 Å². The number of imidazole rings is 1. The first kappa shape index (κ1) is 25.6. The SMILES string of the molecule is CCOc1ccc(-c2ccc(Cc3nc(-c4ccc(Cl)cc4Cl)cn3-c3ccc(C(=O)O)cc3)cc2)cc1. The Morgan fingerprint density at radius 2 is 1.55 bits per heavy atom. The van der Waals surface area contributed by atoms with Crippen molar-refractivity contribution in [1.82, 2.24) is 9.55 Å². The van der Waals surface area contributed by atoms with Gasteiger partial charge < -0.3 is 14.4 Å². The average molecular weight is 543 g/mol. The second-order valence-corrected chi connectivity index (χ2v) is 9.56. The summed E-state index contributed by atoms with van der Waals surface area (Å²) in [5, 5.41) is 10.4. The molecule has 0 atom stereocenters. The molecule has 7 heteroatoms. The van der Waals surface area contributed by atoms with E-state index in [1.54, 1.807) is 36.4 Å². The van der Waals surface area contributed by atoms with E-state index in [1.165, 1.54) is 0 Å². The van der Waals surface area contributed by atoms with Gasteiger partial charge in [-0.25, -0.2) is 9.78 Å². The zero-order valence-corrected chi connectivity index (χ0v) is 22.1. The van der Waals surface area contributed by atoms with Gasteiger partial charge in [0.15, 0.2) is 0 Å². The van der Waals surface area contributed by atoms with Gasteiger partial charge in [0.25, 0.3) is 0 Å². The van der Waals surface area contributed by atoms with Crippen molar-refractivity contribution in [2.24, 2.45) is 0 Å². The standard InChI is InChI=1S/C31H24Cl2N2O3/c1-2-38-26-14-9-22(10-15-26)21-5-3-20(4-6-21)17-30-34-29(27-16-11-24(32)18-28(27)33)19-35(30)25-12-7-23(8-13-25)31(36)37/h3-16,18-19H,2,17H2,1H3,(H,36,37). The zero-order chi connectivity index (χ0) is 26.6. The number of carboxylic acid groups (broad SMARTS) is 1.